The maximum absolute atomic E-state index is 12.8. The molecule has 8 nitrogen and oxygen atoms in total. The first-order valence-electron chi connectivity index (χ1n) is 7.82. The molecule has 1 fully saturated rings. The van der Waals surface area contributed by atoms with E-state index in [1.165, 1.54) is 24.3 Å². The number of carbonyl (C=O) groups excluding carboxylic acids is 2. The lowest BCUT2D eigenvalue weighted by Gasteiger charge is -2.17. The molecule has 0 aliphatic carbocycles. The maximum atomic E-state index is 12.8. The van der Waals surface area contributed by atoms with Crippen LogP contribution in [0.3, 0.4) is 0 Å². The van der Waals surface area contributed by atoms with Crippen molar-refractivity contribution in [3.63, 3.8) is 0 Å². The molecule has 1 saturated heterocycles. The van der Waals surface area contributed by atoms with E-state index in [-0.39, 0.29) is 17.9 Å². The van der Waals surface area contributed by atoms with Crippen LogP contribution in [0.2, 0.25) is 0 Å². The van der Waals surface area contributed by atoms with Crippen LogP contribution in [0.1, 0.15) is 12.2 Å². The van der Waals surface area contributed by atoms with Gasteiger partial charge >= 0.3 is 12.1 Å². The first-order valence-corrected chi connectivity index (χ1v) is 7.82. The monoisotopic (exact) mass is 347 g/mol. The Morgan fingerprint density at radius 2 is 2.04 bits per heavy atom. The summed E-state index contributed by atoms with van der Waals surface area (Å²) in [4.78, 5) is 25.7. The number of halogens is 1. The molecule has 9 heteroatoms. The van der Waals surface area contributed by atoms with Gasteiger partial charge in [-0.3, -0.25) is 5.32 Å². The average Bonchev–Trinajstić information content (AvgIpc) is 3.19. The van der Waals surface area contributed by atoms with Gasteiger partial charge in [0, 0.05) is 30.9 Å². The molecule has 2 heterocycles. The van der Waals surface area contributed by atoms with E-state index in [1.54, 1.807) is 17.9 Å². The number of anilines is 2. The molecule has 0 bridgehead atoms. The smallest absolute Gasteiger partial charge is 0.323 e. The zero-order valence-corrected chi connectivity index (χ0v) is 13.6. The van der Waals surface area contributed by atoms with E-state index in [9.17, 15) is 14.0 Å². The highest BCUT2D eigenvalue weighted by Crippen LogP contribution is 2.14. The quantitative estimate of drug-likeness (QED) is 0.794. The molecule has 3 N–H and O–H groups in total. The van der Waals surface area contributed by atoms with Crippen molar-refractivity contribution in [2.24, 2.45) is 0 Å². The summed E-state index contributed by atoms with van der Waals surface area (Å²) in [5, 5.41) is 11.8. The molecule has 1 atom stereocenters. The van der Waals surface area contributed by atoms with E-state index < -0.39 is 6.03 Å². The van der Waals surface area contributed by atoms with Crippen molar-refractivity contribution in [1.82, 2.24) is 15.4 Å². The van der Waals surface area contributed by atoms with Crippen molar-refractivity contribution in [3.8, 4) is 0 Å². The standard InChI is InChI=1S/C16H18FN5O3/c1-10-8-14(21-25-10)20-16(24)22-7-6-13(9-22)19-15(23)18-12-4-2-11(17)3-5-12/h2-5,8,13H,6-7,9H2,1H3,(H2,18,19,23)(H,20,21,24)/t13-/m0/s1. The SMILES string of the molecule is Cc1cc(NC(=O)N2CC[C@H](NC(=O)Nc3ccc(F)cc3)C2)no1. The van der Waals surface area contributed by atoms with Gasteiger partial charge in [0.1, 0.15) is 11.6 Å². The summed E-state index contributed by atoms with van der Waals surface area (Å²) in [6.07, 6.45) is 0.641. The second-order valence-electron chi connectivity index (χ2n) is 5.79. The summed E-state index contributed by atoms with van der Waals surface area (Å²) < 4.78 is 17.7. The lowest BCUT2D eigenvalue weighted by molar-refractivity contribution is 0.220. The number of nitrogens with one attached hydrogen (secondary N) is 3. The predicted molar refractivity (Wildman–Crippen MR) is 88.8 cm³/mol. The van der Waals surface area contributed by atoms with E-state index in [0.717, 1.165) is 0 Å². The Morgan fingerprint density at radius 3 is 2.72 bits per heavy atom. The Labute approximate surface area is 143 Å². The van der Waals surface area contributed by atoms with Crippen LogP contribution in [0, 0.1) is 12.7 Å². The van der Waals surface area contributed by atoms with Crippen LogP contribution in [-0.2, 0) is 0 Å². The van der Waals surface area contributed by atoms with Crippen molar-refractivity contribution in [2.75, 3.05) is 23.7 Å². The molecule has 0 radical (unpaired) electrons. The van der Waals surface area contributed by atoms with E-state index in [1.807, 2.05) is 0 Å². The first-order chi connectivity index (χ1) is 12.0. The second-order valence-corrected chi connectivity index (χ2v) is 5.79. The van der Waals surface area contributed by atoms with E-state index in [4.69, 9.17) is 4.52 Å². The molecule has 3 rings (SSSR count). The predicted octanol–water partition coefficient (Wildman–Crippen LogP) is 2.55. The number of carbonyl (C=O) groups is 2. The lowest BCUT2D eigenvalue weighted by atomic mass is 10.3. The number of hydrogen-bond acceptors (Lipinski definition) is 4. The molecule has 0 spiro atoms. The Morgan fingerprint density at radius 1 is 1.28 bits per heavy atom. The minimum atomic E-state index is -0.397. The van der Waals surface area contributed by atoms with Gasteiger partial charge in [-0.15, -0.1) is 0 Å². The van der Waals surface area contributed by atoms with Gasteiger partial charge in [-0.2, -0.15) is 0 Å². The third kappa shape index (κ3) is 4.46. The van der Waals surface area contributed by atoms with Gasteiger partial charge in [0.15, 0.2) is 5.82 Å². The Hall–Kier alpha value is -3.10. The van der Waals surface area contributed by atoms with Gasteiger partial charge in [0.25, 0.3) is 0 Å². The van der Waals surface area contributed by atoms with E-state index in [0.29, 0.717) is 36.8 Å². The average molecular weight is 347 g/mol. The molecule has 0 unspecified atom stereocenters. The number of aryl methyl sites for hydroxylation is 1. The van der Waals surface area contributed by atoms with Gasteiger partial charge in [-0.25, -0.2) is 14.0 Å². The molecule has 1 aliphatic rings. The summed E-state index contributed by atoms with van der Waals surface area (Å²) in [5.41, 5.74) is 0.493. The molecular formula is C16H18FN5O3. The highest BCUT2D eigenvalue weighted by Gasteiger charge is 2.27. The molecular weight excluding hydrogens is 329 g/mol. The fourth-order valence-electron chi connectivity index (χ4n) is 2.56. The molecule has 1 aliphatic heterocycles. The summed E-state index contributed by atoms with van der Waals surface area (Å²) >= 11 is 0. The van der Waals surface area contributed by atoms with Crippen LogP contribution in [-0.4, -0.2) is 41.3 Å². The van der Waals surface area contributed by atoms with Gasteiger partial charge in [-0.05, 0) is 37.6 Å². The van der Waals surface area contributed by atoms with E-state index >= 15 is 0 Å². The van der Waals surface area contributed by atoms with Crippen LogP contribution < -0.4 is 16.0 Å². The zero-order valence-electron chi connectivity index (χ0n) is 13.6. The number of urea groups is 2. The van der Waals surface area contributed by atoms with Gasteiger partial charge in [0.2, 0.25) is 0 Å². The minimum Gasteiger partial charge on any atom is -0.360 e. The number of nitrogens with zero attached hydrogens (tertiary/aromatic N) is 2. The zero-order chi connectivity index (χ0) is 17.8. The number of hydrogen-bond donors (Lipinski definition) is 3. The van der Waals surface area contributed by atoms with Crippen LogP contribution >= 0.6 is 0 Å². The normalized spacial score (nSPS) is 16.6. The Bertz CT molecular complexity index is 761. The third-order valence-electron chi connectivity index (χ3n) is 3.78. The van der Waals surface area contributed by atoms with Gasteiger partial charge in [0.05, 0.1) is 0 Å². The van der Waals surface area contributed by atoms with Crippen LogP contribution in [0.5, 0.6) is 0 Å². The van der Waals surface area contributed by atoms with Crippen LogP contribution in [0.15, 0.2) is 34.9 Å². The van der Waals surface area contributed by atoms with Crippen molar-refractivity contribution in [2.45, 2.75) is 19.4 Å². The number of rotatable bonds is 3. The summed E-state index contributed by atoms with van der Waals surface area (Å²) in [5.74, 6) is 0.590. The fraction of sp³-hybridized carbons (Fsp3) is 0.312. The topological polar surface area (TPSA) is 99.5 Å². The molecule has 132 valence electrons. The van der Waals surface area contributed by atoms with Crippen LogP contribution in [0.25, 0.3) is 0 Å². The highest BCUT2D eigenvalue weighted by molar-refractivity contribution is 5.90. The van der Waals surface area contributed by atoms with Gasteiger partial charge in [-0.1, -0.05) is 5.16 Å². The number of benzene rings is 1. The van der Waals surface area contributed by atoms with E-state index in [2.05, 4.69) is 21.1 Å². The molecule has 1 aromatic carbocycles. The molecule has 25 heavy (non-hydrogen) atoms. The maximum Gasteiger partial charge on any atom is 0.323 e. The first kappa shape index (κ1) is 16.7. The van der Waals surface area contributed by atoms with Crippen molar-refractivity contribution >= 4 is 23.6 Å². The Balaban J connectivity index is 1.46. The summed E-state index contributed by atoms with van der Waals surface area (Å²) in [6, 6.07) is 6.26. The van der Waals surface area contributed by atoms with Crippen molar-refractivity contribution in [3.05, 3.63) is 41.9 Å². The summed E-state index contributed by atoms with van der Waals surface area (Å²) in [6.45, 7) is 2.64. The molecule has 2 aromatic rings. The molecule has 0 saturated carbocycles. The second kappa shape index (κ2) is 7.20. The highest BCUT2D eigenvalue weighted by atomic mass is 19.1. The minimum absolute atomic E-state index is 0.162. The molecule has 1 aromatic heterocycles. The van der Waals surface area contributed by atoms with Crippen molar-refractivity contribution < 1.29 is 18.5 Å². The fourth-order valence-corrected chi connectivity index (χ4v) is 2.56. The number of amides is 4. The largest absolute Gasteiger partial charge is 0.360 e. The third-order valence-corrected chi connectivity index (χ3v) is 3.78. The van der Waals surface area contributed by atoms with Crippen LogP contribution in [0.4, 0.5) is 25.5 Å². The number of likely N-dealkylation sites (tertiary alicyclic amines) is 1. The Kier molecular flexibility index (Phi) is 4.82. The van der Waals surface area contributed by atoms with Crippen molar-refractivity contribution in [1.29, 1.82) is 0 Å². The van der Waals surface area contributed by atoms with Gasteiger partial charge < -0.3 is 20.1 Å². The molecule has 4 amide bonds. The number of aromatic nitrogens is 1. The summed E-state index contributed by atoms with van der Waals surface area (Å²) in [7, 11) is 0. The lowest BCUT2D eigenvalue weighted by Crippen LogP contribution is -2.41.